The lowest BCUT2D eigenvalue weighted by Gasteiger charge is -2.14. The van der Waals surface area contributed by atoms with Crippen LogP contribution in [0.15, 0.2) is 65.1 Å². The summed E-state index contributed by atoms with van der Waals surface area (Å²) in [4.78, 5) is 10.3. The number of nitro groups is 1. The number of allylic oxidation sites excluding steroid dienone is 1. The van der Waals surface area contributed by atoms with Crippen LogP contribution in [0, 0.1) is 32.8 Å². The van der Waals surface area contributed by atoms with E-state index in [1.54, 1.807) is 54.6 Å². The van der Waals surface area contributed by atoms with Crippen molar-refractivity contribution >= 4 is 33.3 Å². The number of nitro benzene ring substituents is 1. The van der Waals surface area contributed by atoms with Crippen molar-refractivity contribution in [3.63, 3.8) is 0 Å². The molecule has 0 heterocycles. The van der Waals surface area contributed by atoms with Crippen LogP contribution in [-0.4, -0.2) is 12.0 Å². The standard InChI is InChI=1S/C24H16BrN3O4/c1-31-23-12-18(10-20(14-27)19-6-2-16(13-26)3-7-19)11-22(25)24(23)32-15-17-4-8-21(9-5-17)28(29)30/h2-12H,15H2,1H3. The third kappa shape index (κ3) is 5.31. The number of benzene rings is 3. The number of methoxy groups -OCH3 is 1. The summed E-state index contributed by atoms with van der Waals surface area (Å²) in [5.74, 6) is 0.935. The first-order chi connectivity index (χ1) is 15.4. The van der Waals surface area contributed by atoms with Gasteiger partial charge in [0.25, 0.3) is 5.69 Å². The smallest absolute Gasteiger partial charge is 0.269 e. The molecule has 0 aliphatic heterocycles. The third-order valence-electron chi connectivity index (χ3n) is 4.54. The fourth-order valence-corrected chi connectivity index (χ4v) is 3.48. The van der Waals surface area contributed by atoms with Crippen molar-refractivity contribution in [2.75, 3.05) is 7.11 Å². The van der Waals surface area contributed by atoms with Gasteiger partial charge in [0.15, 0.2) is 11.5 Å². The largest absolute Gasteiger partial charge is 0.493 e. The van der Waals surface area contributed by atoms with Gasteiger partial charge in [0.05, 0.1) is 39.8 Å². The van der Waals surface area contributed by atoms with Gasteiger partial charge in [-0.2, -0.15) is 10.5 Å². The number of nitrogens with zero attached hydrogens (tertiary/aromatic N) is 3. The number of hydrogen-bond acceptors (Lipinski definition) is 6. The molecule has 0 atom stereocenters. The highest BCUT2D eigenvalue weighted by Gasteiger charge is 2.13. The number of nitriles is 2. The van der Waals surface area contributed by atoms with Gasteiger partial charge in [0.1, 0.15) is 6.61 Å². The second-order valence-electron chi connectivity index (χ2n) is 6.61. The molecule has 0 aliphatic rings. The van der Waals surface area contributed by atoms with Crippen LogP contribution in [0.3, 0.4) is 0 Å². The lowest BCUT2D eigenvalue weighted by atomic mass is 10.0. The molecule has 3 aromatic carbocycles. The van der Waals surface area contributed by atoms with Gasteiger partial charge in [-0.1, -0.05) is 12.1 Å². The van der Waals surface area contributed by atoms with Crippen LogP contribution in [0.1, 0.15) is 22.3 Å². The Kier molecular flexibility index (Phi) is 7.22. The van der Waals surface area contributed by atoms with Gasteiger partial charge >= 0.3 is 0 Å². The Morgan fingerprint density at radius 2 is 1.81 bits per heavy atom. The first-order valence-electron chi connectivity index (χ1n) is 9.31. The van der Waals surface area contributed by atoms with Crippen molar-refractivity contribution in [2.24, 2.45) is 0 Å². The Labute approximate surface area is 193 Å². The zero-order valence-electron chi connectivity index (χ0n) is 16.9. The van der Waals surface area contributed by atoms with E-state index in [9.17, 15) is 15.4 Å². The van der Waals surface area contributed by atoms with E-state index in [2.05, 4.69) is 28.1 Å². The zero-order chi connectivity index (χ0) is 23.1. The van der Waals surface area contributed by atoms with Crippen molar-refractivity contribution in [1.82, 2.24) is 0 Å². The van der Waals surface area contributed by atoms with E-state index in [-0.39, 0.29) is 12.3 Å². The van der Waals surface area contributed by atoms with Gasteiger partial charge in [-0.25, -0.2) is 0 Å². The second kappa shape index (κ2) is 10.3. The van der Waals surface area contributed by atoms with Crippen molar-refractivity contribution in [3.05, 3.63) is 97.5 Å². The highest BCUT2D eigenvalue weighted by molar-refractivity contribution is 9.10. The Bertz CT molecular complexity index is 1250. The zero-order valence-corrected chi connectivity index (χ0v) is 18.5. The van der Waals surface area contributed by atoms with Gasteiger partial charge in [-0.3, -0.25) is 10.1 Å². The van der Waals surface area contributed by atoms with Gasteiger partial charge in [0, 0.05) is 12.1 Å². The summed E-state index contributed by atoms with van der Waals surface area (Å²) in [5, 5.41) is 29.3. The van der Waals surface area contributed by atoms with Crippen LogP contribution in [0.2, 0.25) is 0 Å². The summed E-state index contributed by atoms with van der Waals surface area (Å²) >= 11 is 3.49. The van der Waals surface area contributed by atoms with E-state index < -0.39 is 4.92 Å². The summed E-state index contributed by atoms with van der Waals surface area (Å²) < 4.78 is 12.0. The van der Waals surface area contributed by atoms with E-state index in [0.717, 1.165) is 11.1 Å². The lowest BCUT2D eigenvalue weighted by molar-refractivity contribution is -0.384. The fraction of sp³-hybridized carbons (Fsp3) is 0.0833. The molecule has 0 unspecified atom stereocenters. The van der Waals surface area contributed by atoms with Gasteiger partial charge in [-0.15, -0.1) is 0 Å². The van der Waals surface area contributed by atoms with Crippen LogP contribution >= 0.6 is 15.9 Å². The van der Waals surface area contributed by atoms with Crippen molar-refractivity contribution < 1.29 is 14.4 Å². The summed E-state index contributed by atoms with van der Waals surface area (Å²) in [6.45, 7) is 0.191. The number of rotatable bonds is 7. The molecule has 0 radical (unpaired) electrons. The molecule has 0 aromatic heterocycles. The highest BCUT2D eigenvalue weighted by Crippen LogP contribution is 2.38. The van der Waals surface area contributed by atoms with Gasteiger partial charge in [0.2, 0.25) is 0 Å². The first-order valence-corrected chi connectivity index (χ1v) is 10.1. The molecule has 0 saturated heterocycles. The van der Waals surface area contributed by atoms with E-state index in [4.69, 9.17) is 14.7 Å². The Balaban J connectivity index is 1.85. The maximum absolute atomic E-state index is 10.8. The highest BCUT2D eigenvalue weighted by atomic mass is 79.9. The average Bonchev–Trinajstić information content (AvgIpc) is 2.81. The molecule has 3 aromatic rings. The van der Waals surface area contributed by atoms with E-state index in [1.165, 1.54) is 19.2 Å². The number of non-ortho nitro benzene ring substituents is 1. The monoisotopic (exact) mass is 489 g/mol. The maximum Gasteiger partial charge on any atom is 0.269 e. The predicted octanol–water partition coefficient (Wildman–Crippen LogP) is 5.88. The van der Waals surface area contributed by atoms with Crippen LogP contribution in [-0.2, 0) is 6.61 Å². The minimum absolute atomic E-state index is 0.0132. The molecule has 0 bridgehead atoms. The Morgan fingerprint density at radius 1 is 1.12 bits per heavy atom. The first kappa shape index (κ1) is 22.5. The molecule has 0 aliphatic carbocycles. The molecule has 158 valence electrons. The molecule has 3 rings (SSSR count). The number of hydrogen-bond donors (Lipinski definition) is 0. The molecule has 0 amide bonds. The quantitative estimate of drug-likeness (QED) is 0.177. The molecule has 32 heavy (non-hydrogen) atoms. The fourth-order valence-electron chi connectivity index (χ4n) is 2.90. The Morgan fingerprint density at radius 3 is 2.38 bits per heavy atom. The molecular weight excluding hydrogens is 474 g/mol. The topological polar surface area (TPSA) is 109 Å². The van der Waals surface area contributed by atoms with Crippen LogP contribution in [0.25, 0.3) is 11.6 Å². The van der Waals surface area contributed by atoms with Crippen molar-refractivity contribution in [1.29, 1.82) is 10.5 Å². The summed E-state index contributed by atoms with van der Waals surface area (Å²) in [5.41, 5.74) is 3.14. The molecule has 0 saturated carbocycles. The van der Waals surface area contributed by atoms with Crippen LogP contribution < -0.4 is 9.47 Å². The molecule has 0 fully saturated rings. The van der Waals surface area contributed by atoms with E-state index in [1.807, 2.05) is 0 Å². The van der Waals surface area contributed by atoms with E-state index >= 15 is 0 Å². The van der Waals surface area contributed by atoms with Crippen LogP contribution in [0.4, 0.5) is 5.69 Å². The molecule has 0 N–H and O–H groups in total. The van der Waals surface area contributed by atoms with Crippen molar-refractivity contribution in [3.8, 4) is 23.6 Å². The predicted molar refractivity (Wildman–Crippen MR) is 123 cm³/mol. The SMILES string of the molecule is COc1cc(C=C(C#N)c2ccc(C#N)cc2)cc(Br)c1OCc1ccc([N+](=O)[O-])cc1. The van der Waals surface area contributed by atoms with Gasteiger partial charge < -0.3 is 9.47 Å². The molecular formula is C24H16BrN3O4. The molecule has 8 heteroatoms. The van der Waals surface area contributed by atoms with E-state index in [0.29, 0.717) is 32.7 Å². The summed E-state index contributed by atoms with van der Waals surface area (Å²) in [7, 11) is 1.51. The number of ether oxygens (including phenoxy) is 2. The number of halogens is 1. The summed E-state index contributed by atoms with van der Waals surface area (Å²) in [6.07, 6.45) is 1.72. The van der Waals surface area contributed by atoms with Gasteiger partial charge in [-0.05, 0) is 75.1 Å². The molecule has 7 nitrogen and oxygen atoms in total. The van der Waals surface area contributed by atoms with Crippen LogP contribution in [0.5, 0.6) is 11.5 Å². The van der Waals surface area contributed by atoms with Crippen molar-refractivity contribution in [2.45, 2.75) is 6.61 Å². The second-order valence-corrected chi connectivity index (χ2v) is 7.46. The minimum atomic E-state index is -0.454. The normalized spacial score (nSPS) is 10.7. The minimum Gasteiger partial charge on any atom is -0.493 e. The average molecular weight is 490 g/mol. The molecule has 0 spiro atoms. The Hall–Kier alpha value is -4.14. The maximum atomic E-state index is 10.8. The lowest BCUT2D eigenvalue weighted by Crippen LogP contribution is -1.99. The summed E-state index contributed by atoms with van der Waals surface area (Å²) in [6, 6.07) is 20.6. The third-order valence-corrected chi connectivity index (χ3v) is 5.13.